The molecule has 1 aliphatic heterocycles. The van der Waals surface area contributed by atoms with Crippen molar-refractivity contribution in [3.8, 4) is 0 Å². The lowest BCUT2D eigenvalue weighted by Gasteiger charge is -2.34. The maximum absolute atomic E-state index is 13.0. The molecule has 0 bridgehead atoms. The van der Waals surface area contributed by atoms with Crippen LogP contribution in [0.15, 0.2) is 42.7 Å². The van der Waals surface area contributed by atoms with E-state index in [2.05, 4.69) is 20.2 Å². The van der Waals surface area contributed by atoms with Crippen molar-refractivity contribution in [3.63, 3.8) is 0 Å². The number of ether oxygens (including phenoxy) is 1. The van der Waals surface area contributed by atoms with Crippen molar-refractivity contribution in [2.75, 3.05) is 32.8 Å². The molecule has 1 N–H and O–H groups in total. The fourth-order valence-electron chi connectivity index (χ4n) is 3.70. The van der Waals surface area contributed by atoms with Crippen molar-refractivity contribution in [2.24, 2.45) is 0 Å². The number of carbonyl (C=O) groups is 1. The SMILES string of the molecule is Cc1ccc2nc(C)c(C(=O)NC[C@H](c3ccccn3)N3CCOCC3)n2c1. The highest BCUT2D eigenvalue weighted by Gasteiger charge is 2.25. The molecular formula is C21H25N5O2. The van der Waals surface area contributed by atoms with E-state index in [0.29, 0.717) is 25.5 Å². The lowest BCUT2D eigenvalue weighted by Crippen LogP contribution is -2.44. The lowest BCUT2D eigenvalue weighted by molar-refractivity contribution is 0.0153. The molecule has 1 fully saturated rings. The number of imidazole rings is 1. The fraction of sp³-hybridized carbons (Fsp3) is 0.381. The first kappa shape index (κ1) is 18.6. The van der Waals surface area contributed by atoms with E-state index in [-0.39, 0.29) is 11.9 Å². The Labute approximate surface area is 164 Å². The first-order valence-corrected chi connectivity index (χ1v) is 9.60. The van der Waals surface area contributed by atoms with Gasteiger partial charge in [-0.2, -0.15) is 0 Å². The molecule has 7 heteroatoms. The number of aromatic nitrogens is 3. The Morgan fingerprint density at radius 2 is 2.04 bits per heavy atom. The summed E-state index contributed by atoms with van der Waals surface area (Å²) in [4.78, 5) is 24.4. The van der Waals surface area contributed by atoms with Gasteiger partial charge in [0.1, 0.15) is 11.3 Å². The van der Waals surface area contributed by atoms with Gasteiger partial charge >= 0.3 is 0 Å². The molecule has 3 aromatic heterocycles. The van der Waals surface area contributed by atoms with Gasteiger partial charge in [-0.05, 0) is 37.6 Å². The number of pyridine rings is 2. The largest absolute Gasteiger partial charge is 0.379 e. The van der Waals surface area contributed by atoms with Gasteiger partial charge in [0.25, 0.3) is 5.91 Å². The van der Waals surface area contributed by atoms with Crippen molar-refractivity contribution < 1.29 is 9.53 Å². The second kappa shape index (κ2) is 8.08. The van der Waals surface area contributed by atoms with E-state index < -0.39 is 0 Å². The van der Waals surface area contributed by atoms with Crippen molar-refractivity contribution in [2.45, 2.75) is 19.9 Å². The number of nitrogens with zero attached hydrogens (tertiary/aromatic N) is 4. The molecule has 146 valence electrons. The highest BCUT2D eigenvalue weighted by Crippen LogP contribution is 2.20. The van der Waals surface area contributed by atoms with Gasteiger partial charge in [-0.3, -0.25) is 19.1 Å². The van der Waals surface area contributed by atoms with Crippen LogP contribution in [-0.4, -0.2) is 58.0 Å². The van der Waals surface area contributed by atoms with Crippen LogP contribution in [0.25, 0.3) is 5.65 Å². The number of morpholine rings is 1. The zero-order valence-corrected chi connectivity index (χ0v) is 16.3. The van der Waals surface area contributed by atoms with E-state index in [1.165, 1.54) is 0 Å². The second-order valence-electron chi connectivity index (χ2n) is 7.11. The smallest absolute Gasteiger partial charge is 0.270 e. The predicted molar refractivity (Wildman–Crippen MR) is 106 cm³/mol. The molecular weight excluding hydrogens is 354 g/mol. The van der Waals surface area contributed by atoms with E-state index in [4.69, 9.17) is 4.74 Å². The molecule has 4 heterocycles. The zero-order valence-electron chi connectivity index (χ0n) is 16.3. The summed E-state index contributed by atoms with van der Waals surface area (Å²) < 4.78 is 7.35. The highest BCUT2D eigenvalue weighted by molar-refractivity contribution is 5.94. The normalized spacial score (nSPS) is 16.2. The summed E-state index contributed by atoms with van der Waals surface area (Å²) in [6, 6.07) is 9.84. The average Bonchev–Trinajstić information content (AvgIpc) is 3.04. The Morgan fingerprint density at radius 1 is 1.21 bits per heavy atom. The minimum Gasteiger partial charge on any atom is -0.379 e. The first-order valence-electron chi connectivity index (χ1n) is 9.60. The van der Waals surface area contributed by atoms with Gasteiger partial charge in [0.2, 0.25) is 0 Å². The number of amides is 1. The third-order valence-corrected chi connectivity index (χ3v) is 5.13. The van der Waals surface area contributed by atoms with Gasteiger partial charge < -0.3 is 10.1 Å². The zero-order chi connectivity index (χ0) is 19.5. The number of nitrogens with one attached hydrogen (secondary N) is 1. The third kappa shape index (κ3) is 3.76. The number of hydrogen-bond donors (Lipinski definition) is 1. The van der Waals surface area contributed by atoms with Crippen LogP contribution < -0.4 is 5.32 Å². The van der Waals surface area contributed by atoms with Crippen LogP contribution in [0.4, 0.5) is 0 Å². The molecule has 3 aromatic rings. The summed E-state index contributed by atoms with van der Waals surface area (Å²) in [5, 5.41) is 3.11. The van der Waals surface area contributed by atoms with E-state index in [9.17, 15) is 4.79 Å². The molecule has 4 rings (SSSR count). The number of carbonyl (C=O) groups excluding carboxylic acids is 1. The number of rotatable bonds is 5. The molecule has 0 aliphatic carbocycles. The quantitative estimate of drug-likeness (QED) is 0.735. The topological polar surface area (TPSA) is 71.8 Å². The maximum atomic E-state index is 13.0. The average molecular weight is 379 g/mol. The molecule has 0 aromatic carbocycles. The van der Waals surface area contributed by atoms with E-state index in [0.717, 1.165) is 35.7 Å². The van der Waals surface area contributed by atoms with Gasteiger partial charge in [-0.1, -0.05) is 12.1 Å². The number of fused-ring (bicyclic) bond motifs is 1. The fourth-order valence-corrected chi connectivity index (χ4v) is 3.70. The van der Waals surface area contributed by atoms with Crippen LogP contribution in [0, 0.1) is 13.8 Å². The molecule has 1 aliphatic rings. The Hall–Kier alpha value is -2.77. The number of hydrogen-bond acceptors (Lipinski definition) is 5. The maximum Gasteiger partial charge on any atom is 0.270 e. The van der Waals surface area contributed by atoms with Gasteiger partial charge in [-0.25, -0.2) is 4.98 Å². The van der Waals surface area contributed by atoms with Crippen LogP contribution in [0.2, 0.25) is 0 Å². The summed E-state index contributed by atoms with van der Waals surface area (Å²) in [5.74, 6) is -0.121. The molecule has 0 saturated carbocycles. The van der Waals surface area contributed by atoms with Gasteiger partial charge in [0.05, 0.1) is 30.6 Å². The Morgan fingerprint density at radius 3 is 2.79 bits per heavy atom. The van der Waals surface area contributed by atoms with E-state index in [1.807, 2.05) is 54.8 Å². The number of aryl methyl sites for hydroxylation is 2. The molecule has 1 saturated heterocycles. The van der Waals surface area contributed by atoms with Crippen LogP contribution >= 0.6 is 0 Å². The summed E-state index contributed by atoms with van der Waals surface area (Å²) in [7, 11) is 0. The van der Waals surface area contributed by atoms with Crippen molar-refractivity contribution in [3.05, 3.63) is 65.4 Å². The first-order chi connectivity index (χ1) is 13.6. The van der Waals surface area contributed by atoms with Gasteiger partial charge in [0, 0.05) is 32.0 Å². The van der Waals surface area contributed by atoms with E-state index >= 15 is 0 Å². The van der Waals surface area contributed by atoms with Crippen molar-refractivity contribution in [1.29, 1.82) is 0 Å². The Bertz CT molecular complexity index is 964. The summed E-state index contributed by atoms with van der Waals surface area (Å²) in [5.41, 5.74) is 4.13. The molecule has 0 radical (unpaired) electrons. The molecule has 1 atom stereocenters. The van der Waals surface area contributed by atoms with Gasteiger partial charge in [-0.15, -0.1) is 0 Å². The second-order valence-corrected chi connectivity index (χ2v) is 7.11. The minimum atomic E-state index is -0.121. The van der Waals surface area contributed by atoms with Crippen LogP contribution in [0.3, 0.4) is 0 Å². The van der Waals surface area contributed by atoms with E-state index in [1.54, 1.807) is 6.20 Å². The highest BCUT2D eigenvalue weighted by atomic mass is 16.5. The molecule has 0 unspecified atom stereocenters. The van der Waals surface area contributed by atoms with Crippen LogP contribution in [0.1, 0.15) is 33.5 Å². The van der Waals surface area contributed by atoms with Crippen molar-refractivity contribution in [1.82, 2.24) is 24.6 Å². The summed E-state index contributed by atoms with van der Waals surface area (Å²) >= 11 is 0. The predicted octanol–water partition coefficient (Wildman–Crippen LogP) is 2.15. The lowest BCUT2D eigenvalue weighted by atomic mass is 10.1. The van der Waals surface area contributed by atoms with Crippen LogP contribution in [-0.2, 0) is 4.74 Å². The minimum absolute atomic E-state index is 0.00952. The monoisotopic (exact) mass is 379 g/mol. The Balaban J connectivity index is 1.56. The molecule has 7 nitrogen and oxygen atoms in total. The molecule has 0 spiro atoms. The standard InChI is InChI=1S/C21H25N5O2/c1-15-6-7-19-24-16(2)20(26(19)14-15)21(27)23-13-18(17-5-3-4-8-22-17)25-9-11-28-12-10-25/h3-8,14,18H,9-13H2,1-2H3,(H,23,27)/t18-/m1/s1. The summed E-state index contributed by atoms with van der Waals surface area (Å²) in [6.45, 7) is 7.40. The summed E-state index contributed by atoms with van der Waals surface area (Å²) in [6.07, 6.45) is 3.74. The molecule has 1 amide bonds. The van der Waals surface area contributed by atoms with Crippen molar-refractivity contribution >= 4 is 11.6 Å². The Kier molecular flexibility index (Phi) is 5.36. The molecule has 28 heavy (non-hydrogen) atoms. The van der Waals surface area contributed by atoms with Gasteiger partial charge in [0.15, 0.2) is 0 Å². The third-order valence-electron chi connectivity index (χ3n) is 5.13. The van der Waals surface area contributed by atoms with Crippen LogP contribution in [0.5, 0.6) is 0 Å².